The van der Waals surface area contributed by atoms with Crippen LogP contribution in [0.3, 0.4) is 0 Å². The highest BCUT2D eigenvalue weighted by molar-refractivity contribution is 5.83. The van der Waals surface area contributed by atoms with E-state index in [1.54, 1.807) is 11.0 Å². The van der Waals surface area contributed by atoms with E-state index in [-0.39, 0.29) is 23.7 Å². The van der Waals surface area contributed by atoms with Crippen molar-refractivity contribution in [1.29, 1.82) is 0 Å². The Morgan fingerprint density at radius 3 is 2.65 bits per heavy atom. The van der Waals surface area contributed by atoms with Gasteiger partial charge in [0, 0.05) is 6.54 Å². The minimum Gasteiger partial charge on any atom is -0.479 e. The number of amides is 1. The number of rotatable bonds is 3. The Morgan fingerprint density at radius 1 is 1.26 bits per heavy atom. The predicted octanol–water partition coefficient (Wildman–Crippen LogP) is 2.37. The Bertz CT molecular complexity index is 620. The fourth-order valence-corrected chi connectivity index (χ4v) is 3.58. The highest BCUT2D eigenvalue weighted by atomic mass is 19.1. The summed E-state index contributed by atoms with van der Waals surface area (Å²) >= 11 is 0. The third kappa shape index (κ3) is 3.08. The molecule has 2 aliphatic rings. The molecule has 0 spiro atoms. The Morgan fingerprint density at radius 2 is 2.00 bits per heavy atom. The summed E-state index contributed by atoms with van der Waals surface area (Å²) in [5, 5.41) is 8.99. The van der Waals surface area contributed by atoms with Gasteiger partial charge in [0.25, 0.3) is 5.91 Å². The largest absolute Gasteiger partial charge is 0.479 e. The van der Waals surface area contributed by atoms with E-state index in [2.05, 4.69) is 0 Å². The standard InChI is InChI=1S/C17H20FNO4/c1-10-7-8-19(15(10)11-3-2-4-12(18)9-11)16(20)13-5-6-14(23-13)17(21)22/h2-4,9-10,13-15H,5-8H2,1H3,(H,21,22)/t10?,13-,14+,15?/m0/s1. The van der Waals surface area contributed by atoms with Gasteiger partial charge in [0.2, 0.25) is 0 Å². The van der Waals surface area contributed by atoms with E-state index in [0.29, 0.717) is 19.4 Å². The molecule has 0 saturated carbocycles. The van der Waals surface area contributed by atoms with Gasteiger partial charge < -0.3 is 14.7 Å². The molecule has 0 aliphatic carbocycles. The fourth-order valence-electron chi connectivity index (χ4n) is 3.58. The van der Waals surface area contributed by atoms with Gasteiger partial charge in [0.05, 0.1) is 6.04 Å². The van der Waals surface area contributed by atoms with Crippen molar-refractivity contribution in [3.8, 4) is 0 Å². The molecule has 6 heteroatoms. The summed E-state index contributed by atoms with van der Waals surface area (Å²) in [7, 11) is 0. The van der Waals surface area contributed by atoms with Crippen LogP contribution in [0.25, 0.3) is 0 Å². The molecule has 5 nitrogen and oxygen atoms in total. The molecule has 2 heterocycles. The number of carbonyl (C=O) groups excluding carboxylic acids is 1. The zero-order chi connectivity index (χ0) is 16.6. The first kappa shape index (κ1) is 15.9. The number of aliphatic carboxylic acids is 1. The summed E-state index contributed by atoms with van der Waals surface area (Å²) in [6.07, 6.45) is -0.0211. The Labute approximate surface area is 134 Å². The van der Waals surface area contributed by atoms with Gasteiger partial charge >= 0.3 is 5.97 Å². The van der Waals surface area contributed by atoms with Crippen LogP contribution in [0.2, 0.25) is 0 Å². The molecule has 1 aromatic carbocycles. The summed E-state index contributed by atoms with van der Waals surface area (Å²) in [5.74, 6) is -1.32. The molecule has 0 radical (unpaired) electrons. The topological polar surface area (TPSA) is 66.8 Å². The average molecular weight is 321 g/mol. The van der Waals surface area contributed by atoms with Crippen LogP contribution in [0.4, 0.5) is 4.39 Å². The van der Waals surface area contributed by atoms with Gasteiger partial charge in [-0.2, -0.15) is 0 Å². The molecule has 23 heavy (non-hydrogen) atoms. The SMILES string of the molecule is CC1CCN(C(=O)[C@@H]2CC[C@H](C(=O)O)O2)C1c1cccc(F)c1. The molecular formula is C17H20FNO4. The van der Waals surface area contributed by atoms with Crippen molar-refractivity contribution in [2.75, 3.05) is 6.54 Å². The minimum absolute atomic E-state index is 0.188. The quantitative estimate of drug-likeness (QED) is 0.928. The number of ether oxygens (including phenoxy) is 1. The molecule has 0 bridgehead atoms. The zero-order valence-corrected chi connectivity index (χ0v) is 12.9. The average Bonchev–Trinajstić information content (AvgIpc) is 3.13. The van der Waals surface area contributed by atoms with E-state index in [1.165, 1.54) is 12.1 Å². The number of hydrogen-bond acceptors (Lipinski definition) is 3. The summed E-state index contributed by atoms with van der Waals surface area (Å²) < 4.78 is 18.9. The molecule has 1 N–H and O–H groups in total. The van der Waals surface area contributed by atoms with E-state index in [4.69, 9.17) is 9.84 Å². The van der Waals surface area contributed by atoms with Crippen LogP contribution in [-0.2, 0) is 14.3 Å². The number of halogens is 1. The highest BCUT2D eigenvalue weighted by Gasteiger charge is 2.42. The van der Waals surface area contributed by atoms with E-state index in [9.17, 15) is 14.0 Å². The fraction of sp³-hybridized carbons (Fsp3) is 0.529. The molecule has 4 atom stereocenters. The van der Waals surface area contributed by atoms with Crippen LogP contribution in [0.5, 0.6) is 0 Å². The lowest BCUT2D eigenvalue weighted by Crippen LogP contribution is -2.40. The Hall–Kier alpha value is -1.95. The second kappa shape index (κ2) is 6.28. The summed E-state index contributed by atoms with van der Waals surface area (Å²) in [5.41, 5.74) is 0.774. The van der Waals surface area contributed by atoms with Crippen molar-refractivity contribution in [2.24, 2.45) is 5.92 Å². The van der Waals surface area contributed by atoms with E-state index in [0.717, 1.165) is 12.0 Å². The second-order valence-electron chi connectivity index (χ2n) is 6.33. The lowest BCUT2D eigenvalue weighted by Gasteiger charge is -2.29. The third-order valence-electron chi connectivity index (χ3n) is 4.74. The van der Waals surface area contributed by atoms with Crippen LogP contribution in [0, 0.1) is 11.7 Å². The zero-order valence-electron chi connectivity index (χ0n) is 12.9. The third-order valence-corrected chi connectivity index (χ3v) is 4.74. The molecule has 0 aromatic heterocycles. The lowest BCUT2D eigenvalue weighted by atomic mass is 9.95. The van der Waals surface area contributed by atoms with Crippen molar-refractivity contribution < 1.29 is 23.8 Å². The van der Waals surface area contributed by atoms with Crippen LogP contribution in [0.15, 0.2) is 24.3 Å². The van der Waals surface area contributed by atoms with Gasteiger partial charge in [0.1, 0.15) is 11.9 Å². The maximum atomic E-state index is 13.5. The maximum Gasteiger partial charge on any atom is 0.332 e. The van der Waals surface area contributed by atoms with E-state index < -0.39 is 18.2 Å². The molecule has 124 valence electrons. The second-order valence-corrected chi connectivity index (χ2v) is 6.33. The summed E-state index contributed by atoms with van der Waals surface area (Å²) in [6.45, 7) is 2.62. The van der Waals surface area contributed by atoms with E-state index in [1.807, 2.05) is 13.0 Å². The normalized spacial score (nSPS) is 30.6. The van der Waals surface area contributed by atoms with E-state index >= 15 is 0 Å². The summed E-state index contributed by atoms with van der Waals surface area (Å²) in [6, 6.07) is 6.12. The number of carbonyl (C=O) groups is 2. The molecule has 1 aromatic rings. The van der Waals surface area contributed by atoms with Crippen molar-refractivity contribution in [3.63, 3.8) is 0 Å². The van der Waals surface area contributed by atoms with Crippen molar-refractivity contribution in [2.45, 2.75) is 44.4 Å². The Balaban J connectivity index is 1.78. The molecule has 2 saturated heterocycles. The van der Waals surface area contributed by atoms with Crippen LogP contribution in [0.1, 0.15) is 37.8 Å². The van der Waals surface area contributed by atoms with Gasteiger partial charge in [0.15, 0.2) is 6.10 Å². The first-order chi connectivity index (χ1) is 11.0. The monoisotopic (exact) mass is 321 g/mol. The van der Waals surface area contributed by atoms with Gasteiger partial charge in [-0.1, -0.05) is 19.1 Å². The number of hydrogen-bond donors (Lipinski definition) is 1. The number of carboxylic acids is 1. The Kier molecular flexibility index (Phi) is 4.35. The molecule has 2 unspecified atom stereocenters. The summed E-state index contributed by atoms with van der Waals surface area (Å²) in [4.78, 5) is 25.4. The van der Waals surface area contributed by atoms with Crippen molar-refractivity contribution >= 4 is 11.9 Å². The number of likely N-dealkylation sites (tertiary alicyclic amines) is 1. The van der Waals surface area contributed by atoms with Crippen LogP contribution in [-0.4, -0.2) is 40.6 Å². The lowest BCUT2D eigenvalue weighted by molar-refractivity contribution is -0.155. The number of carboxylic acid groups (broad SMARTS) is 1. The van der Waals surface area contributed by atoms with Crippen LogP contribution >= 0.6 is 0 Å². The van der Waals surface area contributed by atoms with Crippen LogP contribution < -0.4 is 0 Å². The molecule has 1 amide bonds. The number of benzene rings is 1. The van der Waals surface area contributed by atoms with Gasteiger partial charge in [-0.05, 0) is 42.9 Å². The van der Waals surface area contributed by atoms with Gasteiger partial charge in [-0.3, -0.25) is 4.79 Å². The van der Waals surface area contributed by atoms with Crippen molar-refractivity contribution in [1.82, 2.24) is 4.90 Å². The van der Waals surface area contributed by atoms with Gasteiger partial charge in [-0.25, -0.2) is 9.18 Å². The molecule has 3 rings (SSSR count). The highest BCUT2D eigenvalue weighted by Crippen LogP contribution is 2.38. The predicted molar refractivity (Wildman–Crippen MR) is 80.2 cm³/mol. The number of nitrogens with zero attached hydrogens (tertiary/aromatic N) is 1. The first-order valence-corrected chi connectivity index (χ1v) is 7.91. The van der Waals surface area contributed by atoms with Crippen molar-refractivity contribution in [3.05, 3.63) is 35.6 Å². The minimum atomic E-state index is -1.03. The molecular weight excluding hydrogens is 301 g/mol. The van der Waals surface area contributed by atoms with Gasteiger partial charge in [-0.15, -0.1) is 0 Å². The smallest absolute Gasteiger partial charge is 0.332 e. The first-order valence-electron chi connectivity index (χ1n) is 7.91. The maximum absolute atomic E-state index is 13.5. The molecule has 2 aliphatic heterocycles. The molecule has 2 fully saturated rings.